The summed E-state index contributed by atoms with van der Waals surface area (Å²) in [5.74, 6) is 0. The zero-order chi connectivity index (χ0) is 11.8. The highest BCUT2D eigenvalue weighted by Gasteiger charge is 2.47. The lowest BCUT2D eigenvalue weighted by Gasteiger charge is -2.46. The van der Waals surface area contributed by atoms with Crippen LogP contribution in [0.15, 0.2) is 0 Å². The molecule has 0 aliphatic carbocycles. The normalized spacial score (nSPS) is 43.0. The zero-order valence-corrected chi connectivity index (χ0v) is 9.84. The third kappa shape index (κ3) is 2.33. The average molecular weight is 218 g/mol. The highest BCUT2D eigenvalue weighted by atomic mass is 16.5. The second kappa shape index (κ2) is 4.37. The van der Waals surface area contributed by atoms with Gasteiger partial charge >= 0.3 is 0 Å². The van der Waals surface area contributed by atoms with E-state index in [2.05, 4.69) is 0 Å². The molecule has 0 spiro atoms. The van der Waals surface area contributed by atoms with Crippen molar-refractivity contribution in [2.45, 2.75) is 64.6 Å². The summed E-state index contributed by atoms with van der Waals surface area (Å²) in [5, 5.41) is 29.1. The van der Waals surface area contributed by atoms with Crippen LogP contribution in [0.5, 0.6) is 0 Å². The number of rotatable bonds is 2. The molecule has 15 heavy (non-hydrogen) atoms. The van der Waals surface area contributed by atoms with E-state index in [-0.39, 0.29) is 5.41 Å². The molecule has 0 aromatic carbocycles. The fourth-order valence-corrected chi connectivity index (χ4v) is 1.90. The molecule has 0 bridgehead atoms. The van der Waals surface area contributed by atoms with Crippen molar-refractivity contribution in [1.29, 1.82) is 0 Å². The van der Waals surface area contributed by atoms with Gasteiger partial charge < -0.3 is 20.1 Å². The molecule has 1 aliphatic heterocycles. The Bertz CT molecular complexity index is 217. The van der Waals surface area contributed by atoms with Gasteiger partial charge in [0.15, 0.2) is 0 Å². The molecule has 90 valence electrons. The Morgan fingerprint density at radius 1 is 1.07 bits per heavy atom. The summed E-state index contributed by atoms with van der Waals surface area (Å²) in [6.45, 7) is 7.69. The largest absolute Gasteiger partial charge is 0.388 e. The van der Waals surface area contributed by atoms with Gasteiger partial charge in [-0.05, 0) is 18.8 Å². The number of aliphatic hydroxyl groups excluding tert-OH is 3. The third-order valence-corrected chi connectivity index (χ3v) is 3.53. The molecule has 1 saturated heterocycles. The Morgan fingerprint density at radius 3 is 2.07 bits per heavy atom. The van der Waals surface area contributed by atoms with Gasteiger partial charge in [-0.1, -0.05) is 20.8 Å². The van der Waals surface area contributed by atoms with Crippen LogP contribution in [0.25, 0.3) is 0 Å². The predicted octanol–water partition coefficient (Wildman–Crippen LogP) is 0.293. The van der Waals surface area contributed by atoms with E-state index in [1.165, 1.54) is 0 Å². The molecule has 5 atom stereocenters. The van der Waals surface area contributed by atoms with Crippen LogP contribution in [0.4, 0.5) is 0 Å². The fourth-order valence-electron chi connectivity index (χ4n) is 1.90. The van der Waals surface area contributed by atoms with Gasteiger partial charge in [-0.25, -0.2) is 0 Å². The maximum atomic E-state index is 9.86. The van der Waals surface area contributed by atoms with E-state index in [4.69, 9.17) is 4.74 Å². The minimum absolute atomic E-state index is 0.213. The lowest BCUT2D eigenvalue weighted by Crippen LogP contribution is -2.60. The van der Waals surface area contributed by atoms with Crippen LogP contribution >= 0.6 is 0 Å². The molecule has 1 rings (SSSR count). The molecular weight excluding hydrogens is 196 g/mol. The average Bonchev–Trinajstić information content (AvgIpc) is 2.20. The van der Waals surface area contributed by atoms with Crippen LogP contribution in [0.1, 0.15) is 34.1 Å². The first-order valence-corrected chi connectivity index (χ1v) is 5.51. The van der Waals surface area contributed by atoms with Crippen LogP contribution in [0.2, 0.25) is 0 Å². The summed E-state index contributed by atoms with van der Waals surface area (Å²) in [5.41, 5.74) is -0.213. The number of aliphatic hydroxyl groups is 3. The lowest BCUT2D eigenvalue weighted by molar-refractivity contribution is -0.242. The minimum atomic E-state index is -1.12. The highest BCUT2D eigenvalue weighted by Crippen LogP contribution is 2.35. The van der Waals surface area contributed by atoms with Crippen molar-refractivity contribution in [3.8, 4) is 0 Å². The van der Waals surface area contributed by atoms with E-state index in [9.17, 15) is 15.3 Å². The highest BCUT2D eigenvalue weighted by molar-refractivity contribution is 4.96. The van der Waals surface area contributed by atoms with E-state index >= 15 is 0 Å². The van der Waals surface area contributed by atoms with E-state index in [1.54, 1.807) is 6.92 Å². The molecule has 0 aromatic rings. The summed E-state index contributed by atoms with van der Waals surface area (Å²) < 4.78 is 5.58. The summed E-state index contributed by atoms with van der Waals surface area (Å²) in [7, 11) is 0. The molecule has 0 aromatic heterocycles. The minimum Gasteiger partial charge on any atom is -0.388 e. The predicted molar refractivity (Wildman–Crippen MR) is 56.4 cm³/mol. The lowest BCUT2D eigenvalue weighted by atomic mass is 9.77. The molecule has 0 radical (unpaired) electrons. The summed E-state index contributed by atoms with van der Waals surface area (Å²) in [6, 6.07) is 0. The van der Waals surface area contributed by atoms with Gasteiger partial charge in [0.1, 0.15) is 18.3 Å². The van der Waals surface area contributed by atoms with Gasteiger partial charge in [-0.15, -0.1) is 0 Å². The quantitative estimate of drug-likeness (QED) is 0.623. The topological polar surface area (TPSA) is 69.9 Å². The van der Waals surface area contributed by atoms with Crippen molar-refractivity contribution in [2.75, 3.05) is 0 Å². The third-order valence-electron chi connectivity index (χ3n) is 3.53. The SMILES string of the molecule is CCC(C)(C)[C@@H]1O[C@@H](C)C(O)C(O)C1O. The monoisotopic (exact) mass is 218 g/mol. The molecule has 1 aliphatic rings. The maximum absolute atomic E-state index is 9.86. The molecule has 0 saturated carbocycles. The Balaban J connectivity index is 2.83. The Kier molecular flexibility index (Phi) is 3.76. The van der Waals surface area contributed by atoms with Gasteiger partial charge in [-0.2, -0.15) is 0 Å². The first-order chi connectivity index (χ1) is 6.81. The first-order valence-electron chi connectivity index (χ1n) is 5.51. The Morgan fingerprint density at radius 2 is 1.60 bits per heavy atom. The van der Waals surface area contributed by atoms with Gasteiger partial charge in [-0.3, -0.25) is 0 Å². The van der Waals surface area contributed by atoms with Crippen molar-refractivity contribution < 1.29 is 20.1 Å². The maximum Gasteiger partial charge on any atom is 0.111 e. The van der Waals surface area contributed by atoms with Crippen LogP contribution in [-0.2, 0) is 4.74 Å². The second-order valence-electron chi connectivity index (χ2n) is 5.08. The Labute approximate surface area is 90.9 Å². The van der Waals surface area contributed by atoms with E-state index in [0.717, 1.165) is 6.42 Å². The van der Waals surface area contributed by atoms with E-state index in [1.807, 2.05) is 20.8 Å². The smallest absolute Gasteiger partial charge is 0.111 e. The molecule has 1 heterocycles. The van der Waals surface area contributed by atoms with Crippen LogP contribution < -0.4 is 0 Å². The zero-order valence-electron chi connectivity index (χ0n) is 9.84. The van der Waals surface area contributed by atoms with Crippen LogP contribution in [0, 0.1) is 5.41 Å². The molecule has 3 unspecified atom stereocenters. The fraction of sp³-hybridized carbons (Fsp3) is 1.00. The molecule has 1 fully saturated rings. The molecule has 4 heteroatoms. The van der Waals surface area contributed by atoms with Gasteiger partial charge in [0.05, 0.1) is 12.2 Å². The molecule has 3 N–H and O–H groups in total. The summed E-state index contributed by atoms with van der Waals surface area (Å²) >= 11 is 0. The Hall–Kier alpha value is -0.160. The van der Waals surface area contributed by atoms with Crippen molar-refractivity contribution >= 4 is 0 Å². The summed E-state index contributed by atoms with van der Waals surface area (Å²) in [6.07, 6.45) is -3.20. The van der Waals surface area contributed by atoms with Crippen molar-refractivity contribution in [1.82, 2.24) is 0 Å². The second-order valence-corrected chi connectivity index (χ2v) is 5.08. The van der Waals surface area contributed by atoms with Gasteiger partial charge in [0.25, 0.3) is 0 Å². The van der Waals surface area contributed by atoms with Gasteiger partial charge in [0, 0.05) is 0 Å². The van der Waals surface area contributed by atoms with E-state index in [0.29, 0.717) is 0 Å². The van der Waals surface area contributed by atoms with Crippen molar-refractivity contribution in [2.24, 2.45) is 5.41 Å². The van der Waals surface area contributed by atoms with E-state index < -0.39 is 30.5 Å². The molecule has 0 amide bonds. The molecular formula is C11H22O4. The first kappa shape index (κ1) is 12.9. The van der Waals surface area contributed by atoms with Gasteiger partial charge in [0.2, 0.25) is 0 Å². The van der Waals surface area contributed by atoms with Crippen LogP contribution in [0.3, 0.4) is 0 Å². The summed E-state index contributed by atoms with van der Waals surface area (Å²) in [4.78, 5) is 0. The number of hydrogen-bond acceptors (Lipinski definition) is 4. The number of ether oxygens (including phenoxy) is 1. The van der Waals surface area contributed by atoms with Crippen molar-refractivity contribution in [3.05, 3.63) is 0 Å². The number of hydrogen-bond donors (Lipinski definition) is 3. The van der Waals surface area contributed by atoms with Crippen molar-refractivity contribution in [3.63, 3.8) is 0 Å². The molecule has 4 nitrogen and oxygen atoms in total. The standard InChI is InChI=1S/C11H22O4/c1-5-11(3,4)10-9(14)8(13)7(12)6(2)15-10/h6-10,12-14H,5H2,1-4H3/t6-,7?,8?,9?,10+/m0/s1. The van der Waals surface area contributed by atoms with Crippen LogP contribution in [-0.4, -0.2) is 45.8 Å².